The van der Waals surface area contributed by atoms with Gasteiger partial charge in [0.2, 0.25) is 0 Å². The highest BCUT2D eigenvalue weighted by Gasteiger charge is 2.25. The minimum absolute atomic E-state index is 0.343. The van der Waals surface area contributed by atoms with Gasteiger partial charge in [0.1, 0.15) is 0 Å². The summed E-state index contributed by atoms with van der Waals surface area (Å²) in [4.78, 5) is 2.61. The molecular weight excluding hydrogens is 212 g/mol. The summed E-state index contributed by atoms with van der Waals surface area (Å²) in [5, 5.41) is 12.7. The molecule has 0 aromatic rings. The first-order chi connectivity index (χ1) is 8.29. The van der Waals surface area contributed by atoms with Gasteiger partial charge in [-0.25, -0.2) is 0 Å². The normalized spacial score (nSPS) is 28.2. The number of aliphatic hydroxyl groups is 1. The topological polar surface area (TPSA) is 35.5 Å². The van der Waals surface area contributed by atoms with Crippen molar-refractivity contribution in [3.05, 3.63) is 0 Å². The Bertz CT molecular complexity index is 216. The van der Waals surface area contributed by atoms with E-state index in [0.29, 0.717) is 12.6 Å². The molecule has 17 heavy (non-hydrogen) atoms. The van der Waals surface area contributed by atoms with Crippen molar-refractivity contribution in [2.45, 2.75) is 57.5 Å². The van der Waals surface area contributed by atoms with Crippen molar-refractivity contribution in [3.63, 3.8) is 0 Å². The summed E-state index contributed by atoms with van der Waals surface area (Å²) in [5.41, 5.74) is 0. The number of likely N-dealkylation sites (tertiary alicyclic amines) is 1. The van der Waals surface area contributed by atoms with Gasteiger partial charge in [0.15, 0.2) is 0 Å². The van der Waals surface area contributed by atoms with E-state index in [2.05, 4.69) is 17.1 Å². The number of hydrogen-bond acceptors (Lipinski definition) is 3. The zero-order valence-electron chi connectivity index (χ0n) is 11.2. The Balaban J connectivity index is 1.69. The zero-order chi connectivity index (χ0) is 12.1. The third-order valence-corrected chi connectivity index (χ3v) is 4.09. The van der Waals surface area contributed by atoms with E-state index in [9.17, 15) is 0 Å². The molecular formula is C14H28N2O. The second kappa shape index (κ2) is 6.72. The first kappa shape index (κ1) is 13.3. The highest BCUT2D eigenvalue weighted by molar-refractivity contribution is 4.83. The lowest BCUT2D eigenvalue weighted by Gasteiger charge is -2.37. The van der Waals surface area contributed by atoms with E-state index in [1.54, 1.807) is 0 Å². The van der Waals surface area contributed by atoms with Crippen molar-refractivity contribution in [2.75, 3.05) is 26.2 Å². The molecule has 1 saturated carbocycles. The maximum atomic E-state index is 9.12. The molecule has 2 fully saturated rings. The highest BCUT2D eigenvalue weighted by Crippen LogP contribution is 2.21. The summed E-state index contributed by atoms with van der Waals surface area (Å²) in [6, 6.07) is 1.46. The van der Waals surface area contributed by atoms with Crippen LogP contribution in [0.15, 0.2) is 0 Å². The Labute approximate surface area is 106 Å². The van der Waals surface area contributed by atoms with E-state index in [1.807, 2.05) is 0 Å². The number of aliphatic hydroxyl groups excluding tert-OH is 1. The fraction of sp³-hybridized carbons (Fsp3) is 1.00. The Morgan fingerprint density at radius 1 is 1.29 bits per heavy atom. The monoisotopic (exact) mass is 240 g/mol. The second-order valence-electron chi connectivity index (χ2n) is 5.94. The summed E-state index contributed by atoms with van der Waals surface area (Å²) in [5.74, 6) is 0.731. The molecule has 0 radical (unpaired) electrons. The van der Waals surface area contributed by atoms with Crippen molar-refractivity contribution in [1.29, 1.82) is 0 Å². The molecule has 1 aliphatic carbocycles. The summed E-state index contributed by atoms with van der Waals surface area (Å²) in [6.07, 6.45) is 7.68. The molecule has 2 aliphatic rings. The molecule has 0 aromatic carbocycles. The quantitative estimate of drug-likeness (QED) is 0.710. The molecule has 1 aliphatic heterocycles. The van der Waals surface area contributed by atoms with E-state index in [0.717, 1.165) is 24.9 Å². The van der Waals surface area contributed by atoms with Gasteiger partial charge in [-0.3, -0.25) is 4.90 Å². The molecule has 0 aromatic heterocycles. The molecule has 1 saturated heterocycles. The van der Waals surface area contributed by atoms with E-state index in [1.165, 1.54) is 45.2 Å². The second-order valence-corrected chi connectivity index (χ2v) is 5.94. The molecule has 3 heteroatoms. The minimum atomic E-state index is 0.343. The van der Waals surface area contributed by atoms with Crippen LogP contribution in [0.2, 0.25) is 0 Å². The van der Waals surface area contributed by atoms with Crippen LogP contribution < -0.4 is 5.32 Å². The Kier molecular flexibility index (Phi) is 5.26. The predicted octanol–water partition coefficient (Wildman–Crippen LogP) is 1.61. The average molecular weight is 240 g/mol. The molecule has 100 valence electrons. The first-order valence-electron chi connectivity index (χ1n) is 7.38. The van der Waals surface area contributed by atoms with Crippen molar-refractivity contribution in [2.24, 2.45) is 5.92 Å². The van der Waals surface area contributed by atoms with Crippen molar-refractivity contribution < 1.29 is 5.11 Å². The molecule has 2 N–H and O–H groups in total. The first-order valence-corrected chi connectivity index (χ1v) is 7.38. The van der Waals surface area contributed by atoms with Crippen LogP contribution in [-0.2, 0) is 0 Å². The van der Waals surface area contributed by atoms with Gasteiger partial charge in [-0.15, -0.1) is 0 Å². The van der Waals surface area contributed by atoms with Gasteiger partial charge in [0.05, 0.1) is 0 Å². The Morgan fingerprint density at radius 2 is 2.12 bits per heavy atom. The van der Waals surface area contributed by atoms with E-state index in [4.69, 9.17) is 5.11 Å². The summed E-state index contributed by atoms with van der Waals surface area (Å²) < 4.78 is 0. The van der Waals surface area contributed by atoms with E-state index in [-0.39, 0.29) is 0 Å². The highest BCUT2D eigenvalue weighted by atomic mass is 16.3. The fourth-order valence-electron chi connectivity index (χ4n) is 2.90. The molecule has 1 heterocycles. The summed E-state index contributed by atoms with van der Waals surface area (Å²) >= 11 is 0. The molecule has 2 rings (SSSR count). The van der Waals surface area contributed by atoms with E-state index < -0.39 is 0 Å². The summed E-state index contributed by atoms with van der Waals surface area (Å²) in [7, 11) is 0. The summed E-state index contributed by atoms with van der Waals surface area (Å²) in [6.45, 7) is 6.28. The number of nitrogens with zero attached hydrogens (tertiary/aromatic N) is 1. The van der Waals surface area contributed by atoms with Crippen LogP contribution in [0.5, 0.6) is 0 Å². The van der Waals surface area contributed by atoms with Crippen LogP contribution in [-0.4, -0.2) is 48.3 Å². The largest absolute Gasteiger partial charge is 0.396 e. The van der Waals surface area contributed by atoms with Crippen LogP contribution in [0.4, 0.5) is 0 Å². The lowest BCUT2D eigenvalue weighted by molar-refractivity contribution is 0.104. The molecule has 2 atom stereocenters. The molecule has 2 unspecified atom stereocenters. The van der Waals surface area contributed by atoms with E-state index >= 15 is 0 Å². The number of nitrogens with one attached hydrogen (secondary N) is 1. The van der Waals surface area contributed by atoms with Crippen molar-refractivity contribution in [1.82, 2.24) is 10.2 Å². The zero-order valence-corrected chi connectivity index (χ0v) is 11.2. The lowest BCUT2D eigenvalue weighted by Crippen LogP contribution is -2.44. The molecule has 0 bridgehead atoms. The van der Waals surface area contributed by atoms with Crippen LogP contribution in [0, 0.1) is 5.92 Å². The van der Waals surface area contributed by atoms with Crippen LogP contribution >= 0.6 is 0 Å². The minimum Gasteiger partial charge on any atom is -0.396 e. The van der Waals surface area contributed by atoms with Gasteiger partial charge in [-0.05, 0) is 51.1 Å². The van der Waals surface area contributed by atoms with Crippen molar-refractivity contribution in [3.8, 4) is 0 Å². The maximum absolute atomic E-state index is 9.12. The van der Waals surface area contributed by atoms with Gasteiger partial charge in [-0.2, -0.15) is 0 Å². The Hall–Kier alpha value is -0.120. The molecule has 0 amide bonds. The van der Waals surface area contributed by atoms with Gasteiger partial charge >= 0.3 is 0 Å². The fourth-order valence-corrected chi connectivity index (χ4v) is 2.90. The SMILES string of the molecule is CC(CNC1CC1)CN1CCCCC1CCO. The predicted molar refractivity (Wildman–Crippen MR) is 71.1 cm³/mol. The van der Waals surface area contributed by atoms with Crippen LogP contribution in [0.1, 0.15) is 45.4 Å². The molecule has 3 nitrogen and oxygen atoms in total. The lowest BCUT2D eigenvalue weighted by atomic mass is 9.98. The van der Waals surface area contributed by atoms with Crippen LogP contribution in [0.3, 0.4) is 0 Å². The number of rotatable bonds is 7. The number of hydrogen-bond donors (Lipinski definition) is 2. The third kappa shape index (κ3) is 4.57. The van der Waals surface area contributed by atoms with Crippen LogP contribution in [0.25, 0.3) is 0 Å². The van der Waals surface area contributed by atoms with Gasteiger partial charge in [0, 0.05) is 25.2 Å². The standard InChI is InChI=1S/C14H28N2O/c1-12(10-15-13-5-6-13)11-16-8-3-2-4-14(16)7-9-17/h12-15,17H,2-11H2,1H3. The average Bonchev–Trinajstić information content (AvgIpc) is 3.13. The maximum Gasteiger partial charge on any atom is 0.0445 e. The molecule has 0 spiro atoms. The third-order valence-electron chi connectivity index (χ3n) is 4.09. The van der Waals surface area contributed by atoms with Gasteiger partial charge in [0.25, 0.3) is 0 Å². The van der Waals surface area contributed by atoms with Crippen molar-refractivity contribution >= 4 is 0 Å². The Morgan fingerprint density at radius 3 is 2.82 bits per heavy atom. The van der Waals surface area contributed by atoms with Gasteiger partial charge in [-0.1, -0.05) is 13.3 Å². The van der Waals surface area contributed by atoms with Gasteiger partial charge < -0.3 is 10.4 Å². The smallest absolute Gasteiger partial charge is 0.0445 e. The number of piperidine rings is 1.